The molecule has 3 rings (SSSR count). The number of aromatic nitrogens is 1. The van der Waals surface area contributed by atoms with Crippen LogP contribution in [0.3, 0.4) is 0 Å². The smallest absolute Gasteiger partial charge is 0.251 e. The number of anilines is 1. The molecule has 0 saturated carbocycles. The van der Waals surface area contributed by atoms with E-state index in [0.717, 1.165) is 28.8 Å². The van der Waals surface area contributed by atoms with Crippen molar-refractivity contribution in [3.05, 3.63) is 60.3 Å². The normalized spacial score (nSPS) is 10.7. The molecule has 0 saturated heterocycles. The van der Waals surface area contributed by atoms with Gasteiger partial charge in [-0.05, 0) is 55.6 Å². The van der Waals surface area contributed by atoms with Crippen LogP contribution in [0.5, 0.6) is 11.5 Å². The number of likely N-dealkylation sites (N-methyl/N-ethyl adjacent to an activating group) is 1. The zero-order chi connectivity index (χ0) is 22.4. The molecule has 2 aromatic carbocycles. The second-order valence-electron chi connectivity index (χ2n) is 7.40. The van der Waals surface area contributed by atoms with Crippen LogP contribution in [-0.4, -0.2) is 57.2 Å². The van der Waals surface area contributed by atoms with Crippen molar-refractivity contribution in [3.63, 3.8) is 0 Å². The Morgan fingerprint density at radius 3 is 2.35 bits per heavy atom. The Morgan fingerprint density at radius 1 is 1.00 bits per heavy atom. The Balaban J connectivity index is 1.93. The number of nitrogens with zero attached hydrogens (tertiary/aromatic N) is 2. The molecule has 0 aliphatic carbocycles. The first-order chi connectivity index (χ1) is 14.9. The van der Waals surface area contributed by atoms with E-state index in [1.165, 1.54) is 0 Å². The van der Waals surface area contributed by atoms with Crippen molar-refractivity contribution in [1.29, 1.82) is 0 Å². The molecular weight excluding hydrogens is 392 g/mol. The number of rotatable bonds is 8. The van der Waals surface area contributed by atoms with Crippen LogP contribution in [0.2, 0.25) is 0 Å². The Morgan fingerprint density at radius 2 is 1.71 bits per heavy atom. The van der Waals surface area contributed by atoms with Crippen molar-refractivity contribution in [3.8, 4) is 33.8 Å². The maximum Gasteiger partial charge on any atom is 0.251 e. The molecule has 1 heterocycles. The lowest BCUT2D eigenvalue weighted by Gasteiger charge is -2.13. The molecular formula is C24H28N4O3. The number of benzene rings is 2. The first-order valence-corrected chi connectivity index (χ1v) is 9.93. The van der Waals surface area contributed by atoms with Crippen LogP contribution in [0.1, 0.15) is 10.4 Å². The second-order valence-corrected chi connectivity index (χ2v) is 7.40. The van der Waals surface area contributed by atoms with Gasteiger partial charge in [0.1, 0.15) is 17.3 Å². The molecule has 3 N–H and O–H groups in total. The SMILES string of the molecule is COc1cc(OC)cc(-c2cc(-c3cccc(C(=O)NCCN(C)C)c3)cnc2N)c1. The van der Waals surface area contributed by atoms with Gasteiger partial charge in [0.05, 0.1) is 14.2 Å². The topological polar surface area (TPSA) is 89.7 Å². The minimum absolute atomic E-state index is 0.107. The lowest BCUT2D eigenvalue weighted by atomic mass is 9.99. The van der Waals surface area contributed by atoms with E-state index in [0.29, 0.717) is 29.4 Å². The van der Waals surface area contributed by atoms with Gasteiger partial charge in [-0.2, -0.15) is 0 Å². The predicted molar refractivity (Wildman–Crippen MR) is 124 cm³/mol. The van der Waals surface area contributed by atoms with Gasteiger partial charge in [0.25, 0.3) is 5.91 Å². The van der Waals surface area contributed by atoms with Gasteiger partial charge >= 0.3 is 0 Å². The highest BCUT2D eigenvalue weighted by molar-refractivity contribution is 5.95. The number of carbonyl (C=O) groups excluding carboxylic acids is 1. The summed E-state index contributed by atoms with van der Waals surface area (Å²) >= 11 is 0. The van der Waals surface area contributed by atoms with Gasteiger partial charge in [-0.25, -0.2) is 4.98 Å². The van der Waals surface area contributed by atoms with Crippen molar-refractivity contribution in [2.75, 3.05) is 47.1 Å². The molecule has 0 unspecified atom stereocenters. The second kappa shape index (κ2) is 9.95. The Labute approximate surface area is 182 Å². The largest absolute Gasteiger partial charge is 0.497 e. The fraction of sp³-hybridized carbons (Fsp3) is 0.250. The summed E-state index contributed by atoms with van der Waals surface area (Å²) in [5.41, 5.74) is 10.1. The number of amides is 1. The summed E-state index contributed by atoms with van der Waals surface area (Å²) < 4.78 is 10.7. The van der Waals surface area contributed by atoms with Crippen molar-refractivity contribution < 1.29 is 14.3 Å². The van der Waals surface area contributed by atoms with Gasteiger partial charge < -0.3 is 25.4 Å². The number of carbonyl (C=O) groups is 1. The lowest BCUT2D eigenvalue weighted by molar-refractivity contribution is 0.0951. The molecule has 0 bridgehead atoms. The maximum atomic E-state index is 12.5. The average Bonchev–Trinajstić information content (AvgIpc) is 2.78. The molecule has 0 spiro atoms. The van der Waals surface area contributed by atoms with E-state index in [9.17, 15) is 4.79 Å². The fourth-order valence-corrected chi connectivity index (χ4v) is 3.16. The van der Waals surface area contributed by atoms with E-state index in [1.54, 1.807) is 32.5 Å². The third-order valence-electron chi connectivity index (χ3n) is 4.88. The molecule has 1 aromatic heterocycles. The Hall–Kier alpha value is -3.58. The lowest BCUT2D eigenvalue weighted by Crippen LogP contribution is -2.31. The quantitative estimate of drug-likeness (QED) is 0.581. The Bertz CT molecular complexity index is 1040. The molecule has 0 aliphatic rings. The van der Waals surface area contributed by atoms with Crippen molar-refractivity contribution in [2.24, 2.45) is 0 Å². The summed E-state index contributed by atoms with van der Waals surface area (Å²) in [6.07, 6.45) is 1.71. The number of methoxy groups -OCH3 is 2. The minimum Gasteiger partial charge on any atom is -0.497 e. The van der Waals surface area contributed by atoms with E-state index in [4.69, 9.17) is 15.2 Å². The molecule has 0 aliphatic heterocycles. The molecule has 31 heavy (non-hydrogen) atoms. The summed E-state index contributed by atoms with van der Waals surface area (Å²) in [5, 5.41) is 2.94. The summed E-state index contributed by atoms with van der Waals surface area (Å²) in [5.74, 6) is 1.62. The maximum absolute atomic E-state index is 12.5. The molecule has 1 amide bonds. The van der Waals surface area contributed by atoms with Gasteiger partial charge in [-0.3, -0.25) is 4.79 Å². The Kier molecular flexibility index (Phi) is 7.10. The average molecular weight is 421 g/mol. The van der Waals surface area contributed by atoms with Crippen LogP contribution in [0, 0.1) is 0 Å². The van der Waals surface area contributed by atoms with E-state index >= 15 is 0 Å². The number of nitrogens with two attached hydrogens (primary N) is 1. The van der Waals surface area contributed by atoms with Crippen LogP contribution >= 0.6 is 0 Å². The van der Waals surface area contributed by atoms with Gasteiger partial charge in [0, 0.05) is 42.0 Å². The molecule has 7 nitrogen and oxygen atoms in total. The van der Waals surface area contributed by atoms with E-state index in [-0.39, 0.29) is 5.91 Å². The molecule has 0 atom stereocenters. The van der Waals surface area contributed by atoms with E-state index in [2.05, 4.69) is 10.3 Å². The number of hydrogen-bond acceptors (Lipinski definition) is 6. The highest BCUT2D eigenvalue weighted by atomic mass is 16.5. The monoisotopic (exact) mass is 420 g/mol. The van der Waals surface area contributed by atoms with Gasteiger partial charge in [-0.1, -0.05) is 12.1 Å². The van der Waals surface area contributed by atoms with Crippen molar-refractivity contribution >= 4 is 11.7 Å². The van der Waals surface area contributed by atoms with Crippen molar-refractivity contribution in [1.82, 2.24) is 15.2 Å². The highest BCUT2D eigenvalue weighted by Gasteiger charge is 2.12. The van der Waals surface area contributed by atoms with E-state index < -0.39 is 0 Å². The molecule has 0 radical (unpaired) electrons. The first-order valence-electron chi connectivity index (χ1n) is 9.93. The summed E-state index contributed by atoms with van der Waals surface area (Å²) in [6, 6.07) is 15.0. The van der Waals surface area contributed by atoms with Crippen LogP contribution in [0.15, 0.2) is 54.7 Å². The molecule has 7 heteroatoms. The zero-order valence-corrected chi connectivity index (χ0v) is 18.3. The molecule has 0 fully saturated rings. The van der Waals surface area contributed by atoms with Gasteiger partial charge in [0.15, 0.2) is 0 Å². The predicted octanol–water partition coefficient (Wildman–Crippen LogP) is 3.31. The number of nitrogens with one attached hydrogen (secondary N) is 1. The van der Waals surface area contributed by atoms with Crippen molar-refractivity contribution in [2.45, 2.75) is 0 Å². The van der Waals surface area contributed by atoms with Gasteiger partial charge in [-0.15, -0.1) is 0 Å². The van der Waals surface area contributed by atoms with Crippen LogP contribution in [0.25, 0.3) is 22.3 Å². The summed E-state index contributed by atoms with van der Waals surface area (Å²) in [7, 11) is 7.14. The molecule has 3 aromatic rings. The number of ether oxygens (including phenoxy) is 2. The third kappa shape index (κ3) is 5.52. The first kappa shape index (κ1) is 22.1. The number of pyridine rings is 1. The van der Waals surface area contributed by atoms with E-state index in [1.807, 2.05) is 55.4 Å². The number of nitrogen functional groups attached to an aromatic ring is 1. The zero-order valence-electron chi connectivity index (χ0n) is 18.3. The summed E-state index contributed by atoms with van der Waals surface area (Å²) in [6.45, 7) is 1.36. The van der Waals surface area contributed by atoms with Gasteiger partial charge in [0.2, 0.25) is 0 Å². The standard InChI is InChI=1S/C24H28N4O3/c1-28(2)9-8-26-24(29)17-7-5-6-16(10-17)19-13-22(23(25)27-15-19)18-11-20(30-3)14-21(12-18)31-4/h5-7,10-15H,8-9H2,1-4H3,(H2,25,27)(H,26,29). The van der Waals surface area contributed by atoms with Crippen LogP contribution < -0.4 is 20.5 Å². The van der Waals surface area contributed by atoms with Crippen LogP contribution in [-0.2, 0) is 0 Å². The minimum atomic E-state index is -0.107. The molecule has 162 valence electrons. The number of hydrogen-bond donors (Lipinski definition) is 2. The van der Waals surface area contributed by atoms with Crippen LogP contribution in [0.4, 0.5) is 5.82 Å². The summed E-state index contributed by atoms with van der Waals surface area (Å²) in [4.78, 5) is 18.9. The highest BCUT2D eigenvalue weighted by Crippen LogP contribution is 2.34. The fourth-order valence-electron chi connectivity index (χ4n) is 3.16. The third-order valence-corrected chi connectivity index (χ3v) is 4.88.